The van der Waals surface area contributed by atoms with Crippen molar-refractivity contribution in [2.75, 3.05) is 18.4 Å². The highest BCUT2D eigenvalue weighted by atomic mass is 19.3. The molecule has 0 spiro atoms. The van der Waals surface area contributed by atoms with Gasteiger partial charge in [0, 0.05) is 17.8 Å². The number of hydrogen-bond acceptors (Lipinski definition) is 2. The van der Waals surface area contributed by atoms with Gasteiger partial charge in [0.25, 0.3) is 12.3 Å². The third kappa shape index (κ3) is 2.29. The molecule has 86 valence electrons. The molecule has 0 saturated heterocycles. The van der Waals surface area contributed by atoms with Crippen LogP contribution in [0.1, 0.15) is 15.9 Å². The van der Waals surface area contributed by atoms with Gasteiger partial charge in [0.1, 0.15) is 0 Å². The number of amides is 1. The van der Waals surface area contributed by atoms with E-state index in [-0.39, 0.29) is 0 Å². The minimum Gasteiger partial charge on any atom is -0.384 e. The maximum atomic E-state index is 11.9. The highest BCUT2D eigenvalue weighted by Gasteiger charge is 2.14. The molecule has 1 heterocycles. The van der Waals surface area contributed by atoms with Gasteiger partial charge in [-0.25, -0.2) is 8.78 Å². The van der Waals surface area contributed by atoms with Gasteiger partial charge in [-0.15, -0.1) is 0 Å². The van der Waals surface area contributed by atoms with Gasteiger partial charge in [0.15, 0.2) is 0 Å². The Labute approximate surface area is 91.8 Å². The van der Waals surface area contributed by atoms with E-state index < -0.39 is 18.9 Å². The second-order valence-corrected chi connectivity index (χ2v) is 3.65. The summed E-state index contributed by atoms with van der Waals surface area (Å²) in [6.45, 7) is 0.256. The van der Waals surface area contributed by atoms with Gasteiger partial charge < -0.3 is 10.6 Å². The van der Waals surface area contributed by atoms with Crippen LogP contribution in [-0.2, 0) is 6.42 Å². The molecule has 1 amide bonds. The molecule has 0 radical (unpaired) electrons. The second-order valence-electron chi connectivity index (χ2n) is 3.65. The zero-order valence-corrected chi connectivity index (χ0v) is 8.59. The lowest BCUT2D eigenvalue weighted by atomic mass is 10.1. The monoisotopic (exact) mass is 226 g/mol. The van der Waals surface area contributed by atoms with Crippen molar-refractivity contribution in [1.29, 1.82) is 0 Å². The van der Waals surface area contributed by atoms with Crippen LogP contribution in [0, 0.1) is 0 Å². The number of fused-ring (bicyclic) bond motifs is 1. The van der Waals surface area contributed by atoms with E-state index in [0.717, 1.165) is 24.2 Å². The Kier molecular flexibility index (Phi) is 3.03. The largest absolute Gasteiger partial charge is 0.384 e. The average Bonchev–Trinajstić information content (AvgIpc) is 2.72. The van der Waals surface area contributed by atoms with E-state index >= 15 is 0 Å². The first-order valence-corrected chi connectivity index (χ1v) is 5.10. The molecule has 1 aliphatic rings. The molecule has 2 rings (SSSR count). The highest BCUT2D eigenvalue weighted by molar-refractivity contribution is 5.95. The fourth-order valence-electron chi connectivity index (χ4n) is 1.72. The van der Waals surface area contributed by atoms with Gasteiger partial charge in [-0.2, -0.15) is 0 Å². The fourth-order valence-corrected chi connectivity index (χ4v) is 1.72. The van der Waals surface area contributed by atoms with E-state index in [1.165, 1.54) is 0 Å². The average molecular weight is 226 g/mol. The first-order valence-electron chi connectivity index (χ1n) is 5.10. The van der Waals surface area contributed by atoms with Crippen LogP contribution in [-0.4, -0.2) is 25.4 Å². The van der Waals surface area contributed by atoms with Crippen molar-refractivity contribution in [3.05, 3.63) is 29.3 Å². The summed E-state index contributed by atoms with van der Waals surface area (Å²) in [6.07, 6.45) is -1.65. The predicted molar refractivity (Wildman–Crippen MR) is 57.0 cm³/mol. The molecule has 1 aliphatic heterocycles. The van der Waals surface area contributed by atoms with E-state index in [2.05, 4.69) is 10.6 Å². The molecule has 1 aromatic carbocycles. The number of anilines is 1. The summed E-state index contributed by atoms with van der Waals surface area (Å²) in [7, 11) is 0. The molecule has 5 heteroatoms. The van der Waals surface area contributed by atoms with Crippen LogP contribution >= 0.6 is 0 Å². The number of carbonyl (C=O) groups is 1. The number of rotatable bonds is 3. The van der Waals surface area contributed by atoms with Crippen molar-refractivity contribution < 1.29 is 13.6 Å². The Morgan fingerprint density at radius 1 is 1.50 bits per heavy atom. The van der Waals surface area contributed by atoms with Crippen molar-refractivity contribution in [3.63, 3.8) is 0 Å². The van der Waals surface area contributed by atoms with Gasteiger partial charge in [0.2, 0.25) is 0 Å². The van der Waals surface area contributed by atoms with Crippen LogP contribution in [0.15, 0.2) is 18.2 Å². The van der Waals surface area contributed by atoms with Crippen LogP contribution in [0.5, 0.6) is 0 Å². The molecule has 2 N–H and O–H groups in total. The summed E-state index contributed by atoms with van der Waals surface area (Å²) >= 11 is 0. The Morgan fingerprint density at radius 2 is 2.31 bits per heavy atom. The van der Waals surface area contributed by atoms with Gasteiger partial charge in [-0.3, -0.25) is 4.79 Å². The summed E-state index contributed by atoms with van der Waals surface area (Å²) in [4.78, 5) is 11.5. The van der Waals surface area contributed by atoms with Crippen molar-refractivity contribution in [3.8, 4) is 0 Å². The standard InChI is InChI=1S/C11H12F2N2O/c12-10(13)6-15-11(16)8-1-2-9-7(5-8)3-4-14-9/h1-2,5,10,14H,3-4,6H2,(H,15,16). The van der Waals surface area contributed by atoms with Crippen molar-refractivity contribution in [1.82, 2.24) is 5.32 Å². The quantitative estimate of drug-likeness (QED) is 0.822. The number of hydrogen-bond donors (Lipinski definition) is 2. The first-order chi connectivity index (χ1) is 7.66. The molecule has 0 saturated carbocycles. The molecule has 16 heavy (non-hydrogen) atoms. The van der Waals surface area contributed by atoms with E-state index in [4.69, 9.17) is 0 Å². The Hall–Kier alpha value is -1.65. The van der Waals surface area contributed by atoms with E-state index in [1.54, 1.807) is 18.2 Å². The van der Waals surface area contributed by atoms with Crippen LogP contribution in [0.3, 0.4) is 0 Å². The molecule has 1 aromatic rings. The van der Waals surface area contributed by atoms with Crippen LogP contribution in [0.25, 0.3) is 0 Å². The molecular formula is C11H12F2N2O. The number of benzene rings is 1. The van der Waals surface area contributed by atoms with Gasteiger partial charge in [-0.05, 0) is 30.2 Å². The second kappa shape index (κ2) is 4.47. The Morgan fingerprint density at radius 3 is 3.06 bits per heavy atom. The van der Waals surface area contributed by atoms with E-state index in [0.29, 0.717) is 5.56 Å². The third-order valence-electron chi connectivity index (χ3n) is 2.49. The smallest absolute Gasteiger partial charge is 0.255 e. The minimum absolute atomic E-state index is 0.433. The molecule has 0 unspecified atom stereocenters. The summed E-state index contributed by atoms with van der Waals surface area (Å²) in [5, 5.41) is 5.34. The lowest BCUT2D eigenvalue weighted by Gasteiger charge is -2.06. The molecule has 0 atom stereocenters. The lowest BCUT2D eigenvalue weighted by molar-refractivity contribution is 0.0891. The molecule has 3 nitrogen and oxygen atoms in total. The Balaban J connectivity index is 2.06. The van der Waals surface area contributed by atoms with E-state index in [9.17, 15) is 13.6 Å². The van der Waals surface area contributed by atoms with Crippen molar-refractivity contribution in [2.45, 2.75) is 12.8 Å². The maximum absolute atomic E-state index is 11.9. The zero-order valence-electron chi connectivity index (χ0n) is 8.59. The zero-order chi connectivity index (χ0) is 11.5. The molecule has 0 bridgehead atoms. The number of nitrogens with one attached hydrogen (secondary N) is 2. The van der Waals surface area contributed by atoms with Crippen LogP contribution in [0.4, 0.5) is 14.5 Å². The molecule has 0 fully saturated rings. The van der Waals surface area contributed by atoms with Crippen molar-refractivity contribution >= 4 is 11.6 Å². The van der Waals surface area contributed by atoms with Crippen molar-refractivity contribution in [2.24, 2.45) is 0 Å². The first kappa shape index (κ1) is 10.9. The molecular weight excluding hydrogens is 214 g/mol. The summed E-state index contributed by atoms with van der Waals surface area (Å²) in [5.74, 6) is -0.449. The summed E-state index contributed by atoms with van der Waals surface area (Å²) in [6, 6.07) is 5.19. The highest BCUT2D eigenvalue weighted by Crippen LogP contribution is 2.22. The maximum Gasteiger partial charge on any atom is 0.255 e. The minimum atomic E-state index is -2.51. The fraction of sp³-hybridized carbons (Fsp3) is 0.364. The normalized spacial score (nSPS) is 13.4. The molecule has 0 aliphatic carbocycles. The van der Waals surface area contributed by atoms with Gasteiger partial charge in [-0.1, -0.05) is 0 Å². The number of alkyl halides is 2. The van der Waals surface area contributed by atoms with Crippen LogP contribution in [0.2, 0.25) is 0 Å². The topological polar surface area (TPSA) is 41.1 Å². The predicted octanol–water partition coefficient (Wildman–Crippen LogP) is 1.65. The summed E-state index contributed by atoms with van der Waals surface area (Å²) < 4.78 is 23.8. The lowest BCUT2D eigenvalue weighted by Crippen LogP contribution is -2.28. The SMILES string of the molecule is O=C(NCC(F)F)c1ccc2c(c1)CCN2. The van der Waals surface area contributed by atoms with Crippen LogP contribution < -0.4 is 10.6 Å². The molecule has 0 aromatic heterocycles. The summed E-state index contributed by atoms with van der Waals surface area (Å²) in [5.41, 5.74) is 2.51. The Bertz CT molecular complexity index is 407. The van der Waals surface area contributed by atoms with Gasteiger partial charge >= 0.3 is 0 Å². The van der Waals surface area contributed by atoms with Gasteiger partial charge in [0.05, 0.1) is 6.54 Å². The third-order valence-corrected chi connectivity index (χ3v) is 2.49. The number of carbonyl (C=O) groups excluding carboxylic acids is 1. The van der Waals surface area contributed by atoms with E-state index in [1.807, 2.05) is 0 Å². The number of halogens is 2.